The van der Waals surface area contributed by atoms with Gasteiger partial charge in [0, 0.05) is 29.0 Å². The third kappa shape index (κ3) is 1.52. The van der Waals surface area contributed by atoms with Crippen molar-refractivity contribution in [2.45, 2.75) is 37.3 Å². The number of hydrogen-bond acceptors (Lipinski definition) is 2. The molecule has 5 rings (SSSR count). The highest BCUT2D eigenvalue weighted by Crippen LogP contribution is 2.64. The summed E-state index contributed by atoms with van der Waals surface area (Å²) in [6.07, 6.45) is 1.91. The minimum atomic E-state index is 0.120. The van der Waals surface area contributed by atoms with Crippen LogP contribution >= 0.6 is 0 Å². The number of amides is 1. The van der Waals surface area contributed by atoms with Crippen LogP contribution in [0.1, 0.15) is 34.8 Å². The number of aromatic hydroxyl groups is 1. The van der Waals surface area contributed by atoms with E-state index in [0.717, 1.165) is 18.4 Å². The molecule has 1 saturated heterocycles. The Labute approximate surface area is 135 Å². The van der Waals surface area contributed by atoms with E-state index in [2.05, 4.69) is 11.8 Å². The molecule has 1 unspecified atom stereocenters. The summed E-state index contributed by atoms with van der Waals surface area (Å²) in [4.78, 5) is 15.0. The van der Waals surface area contributed by atoms with Crippen LogP contribution < -0.4 is 0 Å². The molecule has 2 aromatic carbocycles. The summed E-state index contributed by atoms with van der Waals surface area (Å²) in [5, 5.41) is 9.83. The van der Waals surface area contributed by atoms with Gasteiger partial charge in [-0.2, -0.15) is 0 Å². The number of phenolic OH excluding ortho intramolecular Hbond substituents is 1. The molecule has 2 aromatic rings. The van der Waals surface area contributed by atoms with Crippen molar-refractivity contribution >= 4 is 5.91 Å². The van der Waals surface area contributed by atoms with Crippen molar-refractivity contribution in [3.05, 3.63) is 65.2 Å². The number of benzene rings is 2. The van der Waals surface area contributed by atoms with Gasteiger partial charge in [-0.1, -0.05) is 31.2 Å². The molecule has 1 N–H and O–H groups in total. The average molecular weight is 305 g/mol. The summed E-state index contributed by atoms with van der Waals surface area (Å²) in [5.41, 5.74) is 3.49. The van der Waals surface area contributed by atoms with E-state index in [1.54, 1.807) is 6.07 Å². The van der Waals surface area contributed by atoms with Crippen LogP contribution in [0.3, 0.4) is 0 Å². The first-order valence-corrected chi connectivity index (χ1v) is 8.30. The van der Waals surface area contributed by atoms with Gasteiger partial charge in [0.2, 0.25) is 0 Å². The molecule has 0 bridgehead atoms. The topological polar surface area (TPSA) is 40.5 Å². The van der Waals surface area contributed by atoms with Gasteiger partial charge in [-0.15, -0.1) is 0 Å². The zero-order valence-corrected chi connectivity index (χ0v) is 13.1. The molecule has 0 spiro atoms. The largest absolute Gasteiger partial charge is 0.508 e. The first-order valence-electron chi connectivity index (χ1n) is 8.30. The fraction of sp³-hybridized carbons (Fsp3) is 0.350. The molecule has 1 heterocycles. The minimum absolute atomic E-state index is 0.120. The SMILES string of the molecule is C[C@@]12CC3[C@H]1[C@@H](Cc1ccc(O)cc12)N3C(=O)c1ccccc1. The van der Waals surface area contributed by atoms with Crippen LogP contribution in [0.15, 0.2) is 48.5 Å². The second-order valence-electron chi connectivity index (χ2n) is 7.41. The van der Waals surface area contributed by atoms with Gasteiger partial charge >= 0.3 is 0 Å². The Hall–Kier alpha value is -2.29. The van der Waals surface area contributed by atoms with Gasteiger partial charge in [-0.3, -0.25) is 4.79 Å². The normalized spacial score (nSPS) is 33.1. The summed E-state index contributed by atoms with van der Waals surface area (Å²) in [7, 11) is 0. The Morgan fingerprint density at radius 3 is 2.74 bits per heavy atom. The quantitative estimate of drug-likeness (QED) is 0.879. The van der Waals surface area contributed by atoms with E-state index in [4.69, 9.17) is 0 Å². The number of carbonyl (C=O) groups is 1. The second-order valence-corrected chi connectivity index (χ2v) is 7.41. The number of fused-ring (bicyclic) bond motifs is 2. The van der Waals surface area contributed by atoms with Crippen molar-refractivity contribution < 1.29 is 9.90 Å². The Bertz CT molecular complexity index is 816. The molecule has 2 fully saturated rings. The van der Waals surface area contributed by atoms with Crippen molar-refractivity contribution in [2.24, 2.45) is 5.92 Å². The average Bonchev–Trinajstić information content (AvgIpc) is 2.53. The van der Waals surface area contributed by atoms with Crippen molar-refractivity contribution in [3.8, 4) is 5.75 Å². The van der Waals surface area contributed by atoms with Crippen LogP contribution in [-0.4, -0.2) is 28.0 Å². The lowest BCUT2D eigenvalue weighted by atomic mass is 9.43. The fourth-order valence-electron chi connectivity index (χ4n) is 5.28. The molecule has 0 aromatic heterocycles. The zero-order valence-electron chi connectivity index (χ0n) is 13.1. The lowest BCUT2D eigenvalue weighted by molar-refractivity contribution is -0.155. The zero-order chi connectivity index (χ0) is 15.8. The number of phenols is 1. The van der Waals surface area contributed by atoms with E-state index in [-0.39, 0.29) is 11.3 Å². The molecule has 1 amide bonds. The molecule has 4 atom stereocenters. The highest BCUT2D eigenvalue weighted by Gasteiger charge is 2.69. The van der Waals surface area contributed by atoms with E-state index in [9.17, 15) is 9.90 Å². The van der Waals surface area contributed by atoms with E-state index < -0.39 is 0 Å². The number of rotatable bonds is 1. The summed E-state index contributed by atoms with van der Waals surface area (Å²) < 4.78 is 0. The Kier molecular flexibility index (Phi) is 2.39. The maximum Gasteiger partial charge on any atom is 0.254 e. The van der Waals surface area contributed by atoms with Crippen molar-refractivity contribution in [1.82, 2.24) is 4.90 Å². The van der Waals surface area contributed by atoms with Gasteiger partial charge in [-0.05, 0) is 48.2 Å². The van der Waals surface area contributed by atoms with Crippen LogP contribution in [0.2, 0.25) is 0 Å². The number of likely N-dealkylation sites (tertiary alicyclic amines) is 1. The first-order chi connectivity index (χ1) is 11.1. The van der Waals surface area contributed by atoms with E-state index in [0.29, 0.717) is 23.8 Å². The standard InChI is InChI=1S/C20H19NO2/c1-20-11-17-18(20)16(9-13-7-8-14(22)10-15(13)20)21(17)19(23)12-5-3-2-4-6-12/h2-8,10,16-18,22H,9,11H2,1H3/t16-,17?,18-,20+/m1/s1. The van der Waals surface area contributed by atoms with Crippen molar-refractivity contribution in [2.75, 3.05) is 0 Å². The third-order valence-electron chi connectivity index (χ3n) is 6.31. The number of piperidine rings is 1. The van der Waals surface area contributed by atoms with E-state index in [1.807, 2.05) is 42.5 Å². The summed E-state index contributed by atoms with van der Waals surface area (Å²) in [6.45, 7) is 2.29. The van der Waals surface area contributed by atoms with Crippen LogP contribution in [0.25, 0.3) is 0 Å². The maximum atomic E-state index is 12.9. The lowest BCUT2D eigenvalue weighted by Crippen LogP contribution is -2.80. The highest BCUT2D eigenvalue weighted by atomic mass is 16.3. The molecule has 1 aliphatic heterocycles. The molecular formula is C20H19NO2. The van der Waals surface area contributed by atoms with Crippen molar-refractivity contribution in [1.29, 1.82) is 0 Å². The molecule has 3 aliphatic rings. The Morgan fingerprint density at radius 2 is 1.96 bits per heavy atom. The molecule has 1 saturated carbocycles. The van der Waals surface area contributed by atoms with Gasteiger partial charge in [0.25, 0.3) is 5.91 Å². The maximum absolute atomic E-state index is 12.9. The Balaban J connectivity index is 1.52. The molecule has 0 radical (unpaired) electrons. The Morgan fingerprint density at radius 1 is 1.17 bits per heavy atom. The fourth-order valence-corrected chi connectivity index (χ4v) is 5.28. The van der Waals surface area contributed by atoms with Gasteiger partial charge in [0.05, 0.1) is 0 Å². The monoisotopic (exact) mass is 305 g/mol. The molecule has 116 valence electrons. The number of carbonyl (C=O) groups excluding carboxylic acids is 1. The van der Waals surface area contributed by atoms with Gasteiger partial charge in [0.15, 0.2) is 0 Å². The highest BCUT2D eigenvalue weighted by molar-refractivity contribution is 5.95. The van der Waals surface area contributed by atoms with Gasteiger partial charge in [0.1, 0.15) is 5.75 Å². The molecule has 2 aliphatic carbocycles. The smallest absolute Gasteiger partial charge is 0.254 e. The predicted octanol–water partition coefficient (Wildman–Crippen LogP) is 3.12. The molecule has 3 heteroatoms. The molecule has 3 nitrogen and oxygen atoms in total. The molecular weight excluding hydrogens is 286 g/mol. The van der Waals surface area contributed by atoms with E-state index in [1.165, 1.54) is 11.1 Å². The summed E-state index contributed by atoms with van der Waals surface area (Å²) in [5.74, 6) is 1.06. The summed E-state index contributed by atoms with van der Waals surface area (Å²) in [6, 6.07) is 16.0. The number of hydrogen-bond donors (Lipinski definition) is 1. The van der Waals surface area contributed by atoms with Gasteiger partial charge < -0.3 is 10.0 Å². The van der Waals surface area contributed by atoms with Crippen LogP contribution in [0.5, 0.6) is 5.75 Å². The third-order valence-corrected chi connectivity index (χ3v) is 6.31. The second kappa shape index (κ2) is 4.16. The van der Waals surface area contributed by atoms with E-state index >= 15 is 0 Å². The predicted molar refractivity (Wildman–Crippen MR) is 87.5 cm³/mol. The van der Waals surface area contributed by atoms with Crippen LogP contribution in [-0.2, 0) is 11.8 Å². The van der Waals surface area contributed by atoms with Crippen molar-refractivity contribution in [3.63, 3.8) is 0 Å². The van der Waals surface area contributed by atoms with Crippen LogP contribution in [0, 0.1) is 5.92 Å². The lowest BCUT2D eigenvalue weighted by Gasteiger charge is -2.72. The van der Waals surface area contributed by atoms with Gasteiger partial charge in [-0.25, -0.2) is 0 Å². The summed E-state index contributed by atoms with van der Waals surface area (Å²) >= 11 is 0. The first kappa shape index (κ1) is 13.2. The number of nitrogens with zero attached hydrogens (tertiary/aromatic N) is 1. The minimum Gasteiger partial charge on any atom is -0.508 e. The molecule has 23 heavy (non-hydrogen) atoms. The van der Waals surface area contributed by atoms with Crippen LogP contribution in [0.4, 0.5) is 0 Å².